The van der Waals surface area contributed by atoms with E-state index >= 15 is 0 Å². The summed E-state index contributed by atoms with van der Waals surface area (Å²) in [6, 6.07) is 4.15. The Hall–Kier alpha value is -2.74. The maximum atomic E-state index is 12.4. The largest absolute Gasteiger partial charge is 0.427 e. The van der Waals surface area contributed by atoms with E-state index in [1.807, 2.05) is 0 Å². The third kappa shape index (κ3) is 4.62. The van der Waals surface area contributed by atoms with E-state index in [4.69, 9.17) is 9.47 Å². The third-order valence-corrected chi connectivity index (χ3v) is 3.43. The van der Waals surface area contributed by atoms with Crippen LogP contribution in [-0.4, -0.2) is 22.8 Å². The fourth-order valence-corrected chi connectivity index (χ4v) is 2.42. The van der Waals surface area contributed by atoms with Crippen LogP contribution in [0.1, 0.15) is 29.9 Å². The van der Waals surface area contributed by atoms with Gasteiger partial charge in [-0.05, 0) is 25.1 Å². The molecule has 23 heavy (non-hydrogen) atoms. The minimum Gasteiger partial charge on any atom is -0.427 e. The van der Waals surface area contributed by atoms with Crippen LogP contribution in [-0.2, 0) is 9.59 Å². The van der Waals surface area contributed by atoms with Crippen molar-refractivity contribution < 1.29 is 23.9 Å². The summed E-state index contributed by atoms with van der Waals surface area (Å²) in [5.74, 6) is -1.37. The van der Waals surface area contributed by atoms with Crippen molar-refractivity contribution in [1.82, 2.24) is 4.98 Å². The van der Waals surface area contributed by atoms with Gasteiger partial charge >= 0.3 is 11.9 Å². The number of aryl methyl sites for hydroxylation is 1. The summed E-state index contributed by atoms with van der Waals surface area (Å²) < 4.78 is 9.96. The van der Waals surface area contributed by atoms with E-state index in [9.17, 15) is 14.4 Å². The molecule has 0 radical (unpaired) electrons. The Balaban J connectivity index is 2.32. The molecular weight excluding hydrogens is 320 g/mol. The van der Waals surface area contributed by atoms with Gasteiger partial charge in [-0.2, -0.15) is 0 Å². The molecule has 2 rings (SSSR count). The number of esters is 2. The summed E-state index contributed by atoms with van der Waals surface area (Å²) in [7, 11) is 0. The molecule has 0 aliphatic heterocycles. The summed E-state index contributed by atoms with van der Waals surface area (Å²) in [5, 5.41) is 4.82. The topological polar surface area (TPSA) is 94.6 Å². The van der Waals surface area contributed by atoms with E-state index in [1.165, 1.54) is 43.4 Å². The zero-order valence-corrected chi connectivity index (χ0v) is 13.5. The number of carbonyl (C=O) groups excluding carboxylic acids is 3. The van der Waals surface area contributed by atoms with Gasteiger partial charge in [0.15, 0.2) is 5.13 Å². The molecule has 0 aliphatic rings. The van der Waals surface area contributed by atoms with Gasteiger partial charge in [-0.1, -0.05) is 0 Å². The summed E-state index contributed by atoms with van der Waals surface area (Å²) in [5.41, 5.74) is 0.839. The Kier molecular flexibility index (Phi) is 5.07. The minimum atomic E-state index is -0.565. The van der Waals surface area contributed by atoms with E-state index in [0.29, 0.717) is 5.13 Å². The van der Waals surface area contributed by atoms with Crippen molar-refractivity contribution in [2.24, 2.45) is 0 Å². The highest BCUT2D eigenvalue weighted by Gasteiger charge is 2.17. The molecule has 1 aromatic carbocycles. The van der Waals surface area contributed by atoms with Gasteiger partial charge < -0.3 is 9.47 Å². The number of anilines is 1. The smallest absolute Gasteiger partial charge is 0.308 e. The van der Waals surface area contributed by atoms with Crippen molar-refractivity contribution in [1.29, 1.82) is 0 Å². The summed E-state index contributed by atoms with van der Waals surface area (Å²) in [6.45, 7) is 4.28. The number of nitrogens with zero attached hydrogens (tertiary/aromatic N) is 1. The molecule has 1 aromatic heterocycles. The first-order valence-corrected chi connectivity index (χ1v) is 7.47. The second kappa shape index (κ2) is 7.01. The van der Waals surface area contributed by atoms with Gasteiger partial charge in [0, 0.05) is 19.2 Å². The van der Waals surface area contributed by atoms with E-state index < -0.39 is 17.8 Å². The zero-order valence-electron chi connectivity index (χ0n) is 12.7. The number of thiazole rings is 1. The number of carbonyl (C=O) groups is 3. The van der Waals surface area contributed by atoms with Gasteiger partial charge in [0.2, 0.25) is 0 Å². The molecule has 0 saturated carbocycles. The Bertz CT molecular complexity index is 769. The average Bonchev–Trinajstić information content (AvgIpc) is 2.84. The van der Waals surface area contributed by atoms with Gasteiger partial charge in [-0.3, -0.25) is 19.7 Å². The first-order valence-electron chi connectivity index (χ1n) is 6.59. The molecule has 1 N–H and O–H groups in total. The maximum absolute atomic E-state index is 12.4. The number of hydrogen-bond donors (Lipinski definition) is 1. The number of benzene rings is 1. The molecule has 0 unspecified atom stereocenters. The van der Waals surface area contributed by atoms with Crippen LogP contribution < -0.4 is 14.8 Å². The van der Waals surface area contributed by atoms with Crippen LogP contribution >= 0.6 is 11.3 Å². The molecule has 0 spiro atoms. The molecule has 1 amide bonds. The number of amides is 1. The molecule has 1 heterocycles. The first-order chi connectivity index (χ1) is 10.8. The van der Waals surface area contributed by atoms with Crippen LogP contribution in [0.25, 0.3) is 0 Å². The summed E-state index contributed by atoms with van der Waals surface area (Å²) in [4.78, 5) is 38.7. The van der Waals surface area contributed by atoms with E-state index in [-0.39, 0.29) is 17.1 Å². The number of aromatic nitrogens is 1. The zero-order chi connectivity index (χ0) is 17.0. The quantitative estimate of drug-likeness (QED) is 0.682. The number of ether oxygens (including phenoxy) is 2. The molecule has 7 nitrogen and oxygen atoms in total. The Morgan fingerprint density at radius 1 is 1.13 bits per heavy atom. The number of rotatable bonds is 4. The fourth-order valence-electron chi connectivity index (χ4n) is 1.74. The van der Waals surface area contributed by atoms with Crippen molar-refractivity contribution in [3.05, 3.63) is 34.8 Å². The van der Waals surface area contributed by atoms with Gasteiger partial charge in [-0.15, -0.1) is 11.3 Å². The second-order valence-electron chi connectivity index (χ2n) is 4.59. The van der Waals surface area contributed by atoms with Crippen LogP contribution in [0, 0.1) is 6.92 Å². The van der Waals surface area contributed by atoms with Crippen molar-refractivity contribution in [3.8, 4) is 11.5 Å². The normalized spacial score (nSPS) is 10.0. The van der Waals surface area contributed by atoms with Gasteiger partial charge in [0.1, 0.15) is 11.5 Å². The lowest BCUT2D eigenvalue weighted by Crippen LogP contribution is -2.15. The molecule has 0 fully saturated rings. The predicted octanol–water partition coefficient (Wildman–Crippen LogP) is 2.55. The Morgan fingerprint density at radius 3 is 2.39 bits per heavy atom. The van der Waals surface area contributed by atoms with E-state index in [2.05, 4.69) is 10.3 Å². The number of hydrogen-bond acceptors (Lipinski definition) is 7. The number of nitrogens with one attached hydrogen (secondary N) is 1. The molecule has 2 aromatic rings. The molecule has 8 heteroatoms. The molecule has 120 valence electrons. The Morgan fingerprint density at radius 2 is 1.83 bits per heavy atom. The summed E-state index contributed by atoms with van der Waals surface area (Å²) in [6.07, 6.45) is 0. The van der Waals surface area contributed by atoms with Gasteiger partial charge in [0.05, 0.1) is 11.3 Å². The van der Waals surface area contributed by atoms with Crippen LogP contribution in [0.15, 0.2) is 23.6 Å². The SMILES string of the molecule is CC(=O)Oc1ccc(OC(C)=O)c(C(=O)Nc2nc(C)cs2)c1. The van der Waals surface area contributed by atoms with E-state index in [0.717, 1.165) is 5.69 Å². The first kappa shape index (κ1) is 16.6. The van der Waals surface area contributed by atoms with Crippen molar-refractivity contribution in [2.45, 2.75) is 20.8 Å². The van der Waals surface area contributed by atoms with Crippen molar-refractivity contribution >= 4 is 34.3 Å². The van der Waals surface area contributed by atoms with Crippen LogP contribution in [0.3, 0.4) is 0 Å². The molecule has 0 aliphatic carbocycles. The lowest BCUT2D eigenvalue weighted by molar-refractivity contribution is -0.133. The highest BCUT2D eigenvalue weighted by Crippen LogP contribution is 2.26. The molecule has 0 saturated heterocycles. The van der Waals surface area contributed by atoms with Crippen molar-refractivity contribution in [2.75, 3.05) is 5.32 Å². The molecular formula is C15H14N2O5S. The van der Waals surface area contributed by atoms with Gasteiger partial charge in [-0.25, -0.2) is 4.98 Å². The standard InChI is InChI=1S/C15H14N2O5S/c1-8-7-23-15(16-8)17-14(20)12-6-11(21-9(2)18)4-5-13(12)22-10(3)19/h4-7H,1-3H3,(H,16,17,20). The highest BCUT2D eigenvalue weighted by atomic mass is 32.1. The maximum Gasteiger partial charge on any atom is 0.308 e. The molecule has 0 bridgehead atoms. The average molecular weight is 334 g/mol. The van der Waals surface area contributed by atoms with Crippen LogP contribution in [0.5, 0.6) is 11.5 Å². The lowest BCUT2D eigenvalue weighted by atomic mass is 10.1. The Labute approximate surface area is 136 Å². The monoisotopic (exact) mass is 334 g/mol. The third-order valence-electron chi connectivity index (χ3n) is 2.55. The lowest BCUT2D eigenvalue weighted by Gasteiger charge is -2.10. The summed E-state index contributed by atoms with van der Waals surface area (Å²) >= 11 is 1.27. The van der Waals surface area contributed by atoms with Crippen molar-refractivity contribution in [3.63, 3.8) is 0 Å². The second-order valence-corrected chi connectivity index (χ2v) is 5.45. The minimum absolute atomic E-state index is 0.0619. The highest BCUT2D eigenvalue weighted by molar-refractivity contribution is 7.13. The van der Waals surface area contributed by atoms with Crippen LogP contribution in [0.2, 0.25) is 0 Å². The van der Waals surface area contributed by atoms with Gasteiger partial charge in [0.25, 0.3) is 5.91 Å². The van der Waals surface area contributed by atoms with E-state index in [1.54, 1.807) is 12.3 Å². The van der Waals surface area contributed by atoms with Crippen LogP contribution in [0.4, 0.5) is 5.13 Å². The fraction of sp³-hybridized carbons (Fsp3) is 0.200. The molecule has 0 atom stereocenters. The predicted molar refractivity (Wildman–Crippen MR) is 83.9 cm³/mol.